The molecule has 6 heteroatoms. The average molecular weight is 441 g/mol. The first-order valence-corrected chi connectivity index (χ1v) is 11.2. The first-order chi connectivity index (χ1) is 15.5. The summed E-state index contributed by atoms with van der Waals surface area (Å²) in [5.74, 6) is -1.37. The van der Waals surface area contributed by atoms with Crippen molar-refractivity contribution in [1.82, 2.24) is 4.98 Å². The monoisotopic (exact) mass is 440 g/mol. The Labute approximate surface area is 186 Å². The van der Waals surface area contributed by atoms with E-state index in [1.807, 2.05) is 18.2 Å². The van der Waals surface area contributed by atoms with Crippen LogP contribution in [-0.4, -0.2) is 22.8 Å². The van der Waals surface area contributed by atoms with E-state index in [1.54, 1.807) is 6.20 Å². The van der Waals surface area contributed by atoms with Gasteiger partial charge < -0.3 is 4.74 Å². The summed E-state index contributed by atoms with van der Waals surface area (Å²) in [7, 11) is 0. The van der Waals surface area contributed by atoms with Crippen LogP contribution in [-0.2, 0) is 0 Å². The molecule has 0 N–H and O–H groups in total. The van der Waals surface area contributed by atoms with Gasteiger partial charge in [0.25, 0.3) is 0 Å². The Hall–Kier alpha value is -2.89. The minimum Gasteiger partial charge on any atom is -0.474 e. The number of aliphatic imine (C=N–C) groups is 1. The molecule has 0 saturated carbocycles. The SMILES string of the molecule is CCC(CC)Oc1ccc(C2=CCC([C@H]3CCC(c4c(F)cccc4F)=N3)C(F)=C2)cn1. The van der Waals surface area contributed by atoms with E-state index < -0.39 is 17.6 Å². The van der Waals surface area contributed by atoms with Crippen LogP contribution in [0, 0.1) is 17.6 Å². The first-order valence-electron chi connectivity index (χ1n) is 11.2. The summed E-state index contributed by atoms with van der Waals surface area (Å²) in [5, 5.41) is 0. The summed E-state index contributed by atoms with van der Waals surface area (Å²) in [5.41, 5.74) is 1.88. The van der Waals surface area contributed by atoms with Gasteiger partial charge in [0.1, 0.15) is 17.5 Å². The van der Waals surface area contributed by atoms with Crippen LogP contribution in [0.5, 0.6) is 5.88 Å². The maximum atomic E-state index is 15.0. The van der Waals surface area contributed by atoms with Crippen LogP contribution < -0.4 is 4.74 Å². The van der Waals surface area contributed by atoms with Crippen LogP contribution in [0.3, 0.4) is 0 Å². The lowest BCUT2D eigenvalue weighted by Gasteiger charge is -2.22. The third-order valence-electron chi connectivity index (χ3n) is 6.22. The van der Waals surface area contributed by atoms with Crippen molar-refractivity contribution in [3.05, 3.63) is 77.3 Å². The van der Waals surface area contributed by atoms with E-state index in [1.165, 1.54) is 24.3 Å². The second kappa shape index (κ2) is 9.72. The predicted octanol–water partition coefficient (Wildman–Crippen LogP) is 6.84. The zero-order valence-electron chi connectivity index (χ0n) is 18.3. The number of hydrogen-bond acceptors (Lipinski definition) is 3. The number of ether oxygens (including phenoxy) is 1. The molecule has 1 aromatic heterocycles. The lowest BCUT2D eigenvalue weighted by molar-refractivity contribution is 0.185. The molecule has 2 aliphatic rings. The van der Waals surface area contributed by atoms with Gasteiger partial charge in [-0.25, -0.2) is 18.2 Å². The van der Waals surface area contributed by atoms with Gasteiger partial charge in [0.15, 0.2) is 0 Å². The minimum atomic E-state index is -0.629. The van der Waals surface area contributed by atoms with Crippen LogP contribution in [0.4, 0.5) is 13.2 Å². The van der Waals surface area contributed by atoms with E-state index >= 15 is 4.39 Å². The van der Waals surface area contributed by atoms with Gasteiger partial charge in [-0.1, -0.05) is 26.0 Å². The number of pyridine rings is 1. The van der Waals surface area contributed by atoms with Crippen molar-refractivity contribution >= 4 is 11.3 Å². The standard InChI is InChI=1S/C26H27F3N2O/c1-3-18(4-2)32-25-13-9-17(15-30-25)16-8-10-19(22(29)14-16)23-11-12-24(31-23)26-20(27)6-5-7-21(26)28/h5-9,13-15,18-19,23H,3-4,10-12H2,1-2H3/t19?,23-/m1/s1. The fourth-order valence-electron chi connectivity index (χ4n) is 4.34. The summed E-state index contributed by atoms with van der Waals surface area (Å²) < 4.78 is 49.1. The minimum absolute atomic E-state index is 0.0896. The van der Waals surface area contributed by atoms with Crippen molar-refractivity contribution in [3.63, 3.8) is 0 Å². The molecule has 1 unspecified atom stereocenters. The van der Waals surface area contributed by atoms with Crippen molar-refractivity contribution in [2.75, 3.05) is 0 Å². The van der Waals surface area contributed by atoms with Gasteiger partial charge in [-0.05, 0) is 62.0 Å². The average Bonchev–Trinajstić information content (AvgIpc) is 3.27. The number of nitrogens with zero attached hydrogens (tertiary/aromatic N) is 2. The Morgan fingerprint density at radius 2 is 1.81 bits per heavy atom. The van der Waals surface area contributed by atoms with E-state index in [4.69, 9.17) is 4.74 Å². The Bertz CT molecular complexity index is 1030. The van der Waals surface area contributed by atoms with E-state index in [0.717, 1.165) is 24.0 Å². The summed E-state index contributed by atoms with van der Waals surface area (Å²) >= 11 is 0. The number of aromatic nitrogens is 1. The number of halogens is 3. The highest BCUT2D eigenvalue weighted by molar-refractivity contribution is 6.02. The molecule has 0 saturated heterocycles. The summed E-state index contributed by atoms with van der Waals surface area (Å²) in [4.78, 5) is 8.87. The topological polar surface area (TPSA) is 34.5 Å². The molecule has 2 atom stereocenters. The first kappa shape index (κ1) is 22.3. The number of benzene rings is 1. The number of allylic oxidation sites excluding steroid dienone is 3. The maximum absolute atomic E-state index is 15.0. The van der Waals surface area contributed by atoms with Gasteiger partial charge in [0, 0.05) is 29.5 Å². The molecular weight excluding hydrogens is 413 g/mol. The van der Waals surface area contributed by atoms with Crippen molar-refractivity contribution in [2.24, 2.45) is 10.9 Å². The van der Waals surface area contributed by atoms with Crippen molar-refractivity contribution in [1.29, 1.82) is 0 Å². The number of hydrogen-bond donors (Lipinski definition) is 0. The molecule has 0 spiro atoms. The van der Waals surface area contributed by atoms with E-state index in [2.05, 4.69) is 23.8 Å². The van der Waals surface area contributed by atoms with Crippen LogP contribution in [0.1, 0.15) is 57.1 Å². The molecule has 0 bridgehead atoms. The van der Waals surface area contributed by atoms with Gasteiger partial charge >= 0.3 is 0 Å². The highest BCUT2D eigenvalue weighted by Crippen LogP contribution is 2.37. The lowest BCUT2D eigenvalue weighted by atomic mass is 9.86. The molecule has 0 radical (unpaired) electrons. The molecule has 1 aliphatic carbocycles. The van der Waals surface area contributed by atoms with Gasteiger partial charge in [-0.3, -0.25) is 4.99 Å². The molecule has 32 heavy (non-hydrogen) atoms. The Kier molecular flexibility index (Phi) is 6.77. The zero-order valence-corrected chi connectivity index (χ0v) is 18.3. The molecular formula is C26H27F3N2O. The van der Waals surface area contributed by atoms with Gasteiger partial charge in [0.05, 0.1) is 17.7 Å². The fourth-order valence-corrected chi connectivity index (χ4v) is 4.34. The highest BCUT2D eigenvalue weighted by atomic mass is 19.1. The third kappa shape index (κ3) is 4.64. The van der Waals surface area contributed by atoms with Crippen LogP contribution in [0.2, 0.25) is 0 Å². The van der Waals surface area contributed by atoms with Crippen molar-refractivity contribution in [2.45, 2.75) is 58.1 Å². The summed E-state index contributed by atoms with van der Waals surface area (Å²) in [6.45, 7) is 4.15. The molecule has 2 aromatic rings. The van der Waals surface area contributed by atoms with Crippen LogP contribution in [0.15, 0.2) is 59.5 Å². The zero-order chi connectivity index (χ0) is 22.7. The van der Waals surface area contributed by atoms with Gasteiger partial charge in [0.2, 0.25) is 5.88 Å². The van der Waals surface area contributed by atoms with Gasteiger partial charge in [-0.15, -0.1) is 0 Å². The van der Waals surface area contributed by atoms with Crippen molar-refractivity contribution in [3.8, 4) is 5.88 Å². The largest absolute Gasteiger partial charge is 0.474 e. The van der Waals surface area contributed by atoms with E-state index in [0.29, 0.717) is 30.9 Å². The normalized spacial score (nSPS) is 20.8. The molecule has 1 aliphatic heterocycles. The Balaban J connectivity index is 1.46. The molecule has 0 fully saturated rings. The van der Waals surface area contributed by atoms with E-state index in [-0.39, 0.29) is 23.5 Å². The molecule has 0 amide bonds. The Morgan fingerprint density at radius 3 is 2.44 bits per heavy atom. The predicted molar refractivity (Wildman–Crippen MR) is 120 cm³/mol. The maximum Gasteiger partial charge on any atom is 0.213 e. The van der Waals surface area contributed by atoms with E-state index in [9.17, 15) is 8.78 Å². The fraction of sp³-hybridized carbons (Fsp3) is 0.385. The quantitative estimate of drug-likeness (QED) is 0.473. The molecule has 168 valence electrons. The molecule has 4 rings (SSSR count). The summed E-state index contributed by atoms with van der Waals surface area (Å²) in [6.07, 6.45) is 8.63. The smallest absolute Gasteiger partial charge is 0.213 e. The molecule has 3 nitrogen and oxygen atoms in total. The van der Waals surface area contributed by atoms with Gasteiger partial charge in [-0.2, -0.15) is 0 Å². The lowest BCUT2D eigenvalue weighted by Crippen LogP contribution is -2.18. The Morgan fingerprint density at radius 1 is 1.06 bits per heavy atom. The third-order valence-corrected chi connectivity index (χ3v) is 6.22. The van der Waals surface area contributed by atoms with Crippen molar-refractivity contribution < 1.29 is 17.9 Å². The second-order valence-corrected chi connectivity index (χ2v) is 8.25. The number of rotatable bonds is 7. The second-order valence-electron chi connectivity index (χ2n) is 8.25. The highest BCUT2D eigenvalue weighted by Gasteiger charge is 2.32. The molecule has 2 heterocycles. The summed E-state index contributed by atoms with van der Waals surface area (Å²) in [6, 6.07) is 7.14. The van der Waals surface area contributed by atoms with Crippen LogP contribution in [0.25, 0.3) is 5.57 Å². The molecule has 1 aromatic carbocycles. The van der Waals surface area contributed by atoms with Crippen LogP contribution >= 0.6 is 0 Å².